The van der Waals surface area contributed by atoms with Crippen LogP contribution in [0.1, 0.15) is 5.69 Å². The summed E-state index contributed by atoms with van der Waals surface area (Å²) in [5.41, 5.74) is 2.27. The molecule has 8 nitrogen and oxygen atoms in total. The molecule has 0 bridgehead atoms. The average molecular weight is 343 g/mol. The first-order chi connectivity index (χ1) is 12.1. The maximum atomic E-state index is 12.4. The van der Waals surface area contributed by atoms with E-state index in [1.807, 2.05) is 25.1 Å². The Bertz CT molecular complexity index is 878. The molecule has 2 heterocycles. The number of aryl methyl sites for hydroxylation is 1. The van der Waals surface area contributed by atoms with Gasteiger partial charge in [-0.05, 0) is 25.1 Å². The quantitative estimate of drug-likeness (QED) is 0.771. The van der Waals surface area contributed by atoms with Crippen molar-refractivity contribution in [3.05, 3.63) is 41.2 Å². The molecule has 0 unspecified atom stereocenters. The van der Waals surface area contributed by atoms with Crippen molar-refractivity contribution in [3.63, 3.8) is 0 Å². The Morgan fingerprint density at radius 3 is 2.64 bits per heavy atom. The molecular weight excluding hydrogens is 326 g/mol. The molecule has 130 valence electrons. The van der Waals surface area contributed by atoms with Gasteiger partial charge in [0.2, 0.25) is 0 Å². The Labute approximate surface area is 144 Å². The molecule has 0 amide bonds. The average Bonchev–Trinajstić information content (AvgIpc) is 2.65. The molecule has 1 aliphatic rings. The predicted molar refractivity (Wildman–Crippen MR) is 88.6 cm³/mol. The van der Waals surface area contributed by atoms with Gasteiger partial charge >= 0.3 is 11.9 Å². The smallest absolute Gasteiger partial charge is 0.355 e. The summed E-state index contributed by atoms with van der Waals surface area (Å²) < 4.78 is 15.1. The van der Waals surface area contributed by atoms with Crippen LogP contribution in [0.15, 0.2) is 35.5 Å². The SMILES string of the molecule is COC(=O)C1=C(C(=O)OC)N(c2cccc3nnc(C)cc23)COC1. The van der Waals surface area contributed by atoms with Crippen molar-refractivity contribution in [2.24, 2.45) is 0 Å². The molecule has 3 rings (SSSR count). The predicted octanol–water partition coefficient (Wildman–Crippen LogP) is 1.33. The van der Waals surface area contributed by atoms with Crippen LogP contribution in [0.4, 0.5) is 5.69 Å². The molecule has 0 fully saturated rings. The number of anilines is 1. The van der Waals surface area contributed by atoms with Crippen molar-refractivity contribution in [1.82, 2.24) is 10.2 Å². The molecular formula is C17H17N3O5. The number of benzene rings is 1. The summed E-state index contributed by atoms with van der Waals surface area (Å²) in [4.78, 5) is 26.0. The Balaban J connectivity index is 2.23. The molecule has 1 aromatic heterocycles. The van der Waals surface area contributed by atoms with Gasteiger partial charge in [0.25, 0.3) is 0 Å². The fraction of sp³-hybridized carbons (Fsp3) is 0.294. The van der Waals surface area contributed by atoms with E-state index in [9.17, 15) is 9.59 Å². The highest BCUT2D eigenvalue weighted by Crippen LogP contribution is 2.32. The lowest BCUT2D eigenvalue weighted by Crippen LogP contribution is -2.38. The third-order valence-electron chi connectivity index (χ3n) is 3.85. The van der Waals surface area contributed by atoms with Crippen LogP contribution in [-0.2, 0) is 23.8 Å². The van der Waals surface area contributed by atoms with E-state index in [0.717, 1.165) is 11.1 Å². The van der Waals surface area contributed by atoms with Crippen molar-refractivity contribution < 1.29 is 23.8 Å². The van der Waals surface area contributed by atoms with Gasteiger partial charge in [0, 0.05) is 5.39 Å². The Morgan fingerprint density at radius 2 is 1.92 bits per heavy atom. The van der Waals surface area contributed by atoms with Crippen LogP contribution in [0.25, 0.3) is 10.9 Å². The Hall–Kier alpha value is -3.00. The summed E-state index contributed by atoms with van der Waals surface area (Å²) in [6.07, 6.45) is 0. The van der Waals surface area contributed by atoms with Gasteiger partial charge in [-0.2, -0.15) is 10.2 Å². The molecule has 0 saturated heterocycles. The molecule has 0 aliphatic carbocycles. The van der Waals surface area contributed by atoms with Gasteiger partial charge in [-0.1, -0.05) is 6.07 Å². The van der Waals surface area contributed by atoms with Crippen LogP contribution in [0.2, 0.25) is 0 Å². The summed E-state index contributed by atoms with van der Waals surface area (Å²) in [7, 11) is 2.51. The summed E-state index contributed by atoms with van der Waals surface area (Å²) in [5, 5.41) is 8.98. The lowest BCUT2D eigenvalue weighted by Gasteiger charge is -2.31. The summed E-state index contributed by atoms with van der Waals surface area (Å²) in [5.74, 6) is -1.28. The normalized spacial score (nSPS) is 14.6. The lowest BCUT2D eigenvalue weighted by molar-refractivity contribution is -0.140. The minimum Gasteiger partial charge on any atom is -0.466 e. The second-order valence-electron chi connectivity index (χ2n) is 5.41. The van der Waals surface area contributed by atoms with E-state index in [0.29, 0.717) is 11.2 Å². The number of hydrogen-bond donors (Lipinski definition) is 0. The molecule has 8 heteroatoms. The number of aromatic nitrogens is 2. The van der Waals surface area contributed by atoms with Gasteiger partial charge in [-0.3, -0.25) is 0 Å². The molecule has 1 aliphatic heterocycles. The summed E-state index contributed by atoms with van der Waals surface area (Å²) >= 11 is 0. The van der Waals surface area contributed by atoms with Crippen LogP contribution >= 0.6 is 0 Å². The third-order valence-corrected chi connectivity index (χ3v) is 3.85. The van der Waals surface area contributed by atoms with Crippen LogP contribution in [0.5, 0.6) is 0 Å². The van der Waals surface area contributed by atoms with E-state index in [1.165, 1.54) is 14.2 Å². The topological polar surface area (TPSA) is 90.9 Å². The zero-order valence-corrected chi connectivity index (χ0v) is 14.1. The second kappa shape index (κ2) is 6.86. The van der Waals surface area contributed by atoms with Crippen molar-refractivity contribution in [2.75, 3.05) is 32.5 Å². The number of rotatable bonds is 3. The molecule has 0 atom stereocenters. The summed E-state index contributed by atoms with van der Waals surface area (Å²) in [6.45, 7) is 1.88. The lowest BCUT2D eigenvalue weighted by atomic mass is 10.1. The van der Waals surface area contributed by atoms with E-state index in [4.69, 9.17) is 14.2 Å². The third kappa shape index (κ3) is 3.03. The summed E-state index contributed by atoms with van der Waals surface area (Å²) in [6, 6.07) is 7.29. The zero-order valence-electron chi connectivity index (χ0n) is 14.1. The second-order valence-corrected chi connectivity index (χ2v) is 5.41. The van der Waals surface area contributed by atoms with E-state index < -0.39 is 11.9 Å². The number of esters is 2. The number of carbonyl (C=O) groups is 2. The van der Waals surface area contributed by atoms with Gasteiger partial charge < -0.3 is 19.1 Å². The Morgan fingerprint density at radius 1 is 1.16 bits per heavy atom. The van der Waals surface area contributed by atoms with Gasteiger partial charge in [0.15, 0.2) is 0 Å². The number of nitrogens with zero attached hydrogens (tertiary/aromatic N) is 3. The highest BCUT2D eigenvalue weighted by Gasteiger charge is 2.33. The molecule has 0 N–H and O–H groups in total. The molecule has 1 aromatic carbocycles. The fourth-order valence-corrected chi connectivity index (χ4v) is 2.72. The van der Waals surface area contributed by atoms with Gasteiger partial charge in [-0.15, -0.1) is 0 Å². The largest absolute Gasteiger partial charge is 0.466 e. The van der Waals surface area contributed by atoms with Crippen LogP contribution in [-0.4, -0.2) is 49.7 Å². The van der Waals surface area contributed by atoms with Crippen molar-refractivity contribution in [2.45, 2.75) is 6.92 Å². The van der Waals surface area contributed by atoms with E-state index in [1.54, 1.807) is 11.0 Å². The van der Waals surface area contributed by atoms with E-state index in [-0.39, 0.29) is 24.6 Å². The van der Waals surface area contributed by atoms with Crippen LogP contribution in [0, 0.1) is 6.92 Å². The molecule has 0 saturated carbocycles. The molecule has 0 radical (unpaired) electrons. The molecule has 2 aromatic rings. The number of fused-ring (bicyclic) bond motifs is 1. The number of ether oxygens (including phenoxy) is 3. The van der Waals surface area contributed by atoms with E-state index in [2.05, 4.69) is 10.2 Å². The van der Waals surface area contributed by atoms with Crippen molar-refractivity contribution in [1.29, 1.82) is 0 Å². The van der Waals surface area contributed by atoms with Crippen molar-refractivity contribution >= 4 is 28.5 Å². The number of hydrogen-bond acceptors (Lipinski definition) is 8. The van der Waals surface area contributed by atoms with Crippen LogP contribution < -0.4 is 4.90 Å². The van der Waals surface area contributed by atoms with Crippen LogP contribution in [0.3, 0.4) is 0 Å². The highest BCUT2D eigenvalue weighted by molar-refractivity contribution is 6.05. The first-order valence-electron chi connectivity index (χ1n) is 7.55. The van der Waals surface area contributed by atoms with Gasteiger partial charge in [-0.25, -0.2) is 9.59 Å². The van der Waals surface area contributed by atoms with Gasteiger partial charge in [0.05, 0.1) is 43.3 Å². The number of methoxy groups -OCH3 is 2. The standard InChI is InChI=1S/C17H17N3O5/c1-10-7-11-13(19-18-10)5-4-6-14(11)20-9-25-8-12(16(21)23-2)15(20)17(22)24-3/h4-7H,8-9H2,1-3H3. The fourth-order valence-electron chi connectivity index (χ4n) is 2.72. The maximum absolute atomic E-state index is 12.4. The first-order valence-corrected chi connectivity index (χ1v) is 7.55. The zero-order chi connectivity index (χ0) is 18.0. The molecule has 0 spiro atoms. The highest BCUT2D eigenvalue weighted by atomic mass is 16.5. The first kappa shape index (κ1) is 16.8. The minimum absolute atomic E-state index is 0.0305. The Kier molecular flexibility index (Phi) is 4.62. The number of carbonyl (C=O) groups excluding carboxylic acids is 2. The monoisotopic (exact) mass is 343 g/mol. The maximum Gasteiger partial charge on any atom is 0.355 e. The van der Waals surface area contributed by atoms with E-state index >= 15 is 0 Å². The molecule has 25 heavy (non-hydrogen) atoms. The van der Waals surface area contributed by atoms with Gasteiger partial charge in [0.1, 0.15) is 12.4 Å². The minimum atomic E-state index is -0.639. The van der Waals surface area contributed by atoms with Crippen molar-refractivity contribution in [3.8, 4) is 0 Å².